The number of hydrogen-bond acceptors (Lipinski definition) is 0. The van der Waals surface area contributed by atoms with Crippen molar-refractivity contribution in [2.24, 2.45) is 0 Å². The van der Waals surface area contributed by atoms with Crippen molar-refractivity contribution in [2.45, 2.75) is 50.0 Å². The summed E-state index contributed by atoms with van der Waals surface area (Å²) in [5.74, 6) is 0. The molecule has 0 aliphatic heterocycles. The Morgan fingerprint density at radius 1 is 0.733 bits per heavy atom. The Morgan fingerprint density at radius 3 is 1.47 bits per heavy atom. The van der Waals surface area contributed by atoms with Crippen LogP contribution in [0.5, 0.6) is 0 Å². The fourth-order valence-corrected chi connectivity index (χ4v) is 12.1. The Kier molecular flexibility index (Phi) is 3.70. The summed E-state index contributed by atoms with van der Waals surface area (Å²) in [6, 6.07) is 11.1. The van der Waals surface area contributed by atoms with E-state index in [-0.39, 0.29) is 0 Å². The summed E-state index contributed by atoms with van der Waals surface area (Å²) in [6.07, 6.45) is 0. The second-order valence-electron chi connectivity index (χ2n) is 6.24. The molecule has 0 aliphatic carbocycles. The van der Waals surface area contributed by atoms with Crippen LogP contribution in [-0.4, -0.2) is 14.3 Å². The van der Waals surface area contributed by atoms with Gasteiger partial charge in [-0.2, -0.15) is 0 Å². The quantitative estimate of drug-likeness (QED) is 0.673. The number of benzene rings is 1. The van der Waals surface area contributed by atoms with Gasteiger partial charge in [0.05, 0.1) is 0 Å². The van der Waals surface area contributed by atoms with Crippen molar-refractivity contribution in [2.75, 3.05) is 0 Å². The third-order valence-corrected chi connectivity index (χ3v) is 10.8. The normalized spacial score (nSPS) is 13.3. The van der Waals surface area contributed by atoms with E-state index in [1.807, 2.05) is 0 Å². The van der Waals surface area contributed by atoms with Gasteiger partial charge in [-0.15, -0.1) is 0 Å². The summed E-state index contributed by atoms with van der Waals surface area (Å²) in [7, 11) is 0. The summed E-state index contributed by atoms with van der Waals surface area (Å²) in [6.45, 7) is 14.4. The van der Waals surface area contributed by atoms with Crippen LogP contribution in [-0.2, 0) is 0 Å². The molecule has 0 heterocycles. The van der Waals surface area contributed by atoms with Gasteiger partial charge in [0.2, 0.25) is 0 Å². The van der Waals surface area contributed by atoms with Gasteiger partial charge in [0.25, 0.3) is 0 Å². The molecule has 0 saturated carbocycles. The van der Waals surface area contributed by atoms with E-state index in [9.17, 15) is 0 Å². The third-order valence-electron chi connectivity index (χ3n) is 2.56. The van der Waals surface area contributed by atoms with Crippen LogP contribution in [0.25, 0.3) is 0 Å². The van der Waals surface area contributed by atoms with E-state index in [4.69, 9.17) is 0 Å². The van der Waals surface area contributed by atoms with Crippen molar-refractivity contribution < 1.29 is 0 Å². The van der Waals surface area contributed by atoms with Crippen LogP contribution in [0.3, 0.4) is 0 Å². The first-order valence-electron chi connectivity index (χ1n) is 5.66. The van der Waals surface area contributed by atoms with Crippen molar-refractivity contribution in [3.05, 3.63) is 30.3 Å². The van der Waals surface area contributed by atoms with E-state index in [1.165, 1.54) is 0 Å². The molecule has 0 bridgehead atoms. The van der Waals surface area contributed by atoms with E-state index in [1.54, 1.807) is 4.40 Å². The second kappa shape index (κ2) is 4.33. The van der Waals surface area contributed by atoms with Crippen molar-refractivity contribution >= 4 is 18.7 Å². The summed E-state index contributed by atoms with van der Waals surface area (Å²) < 4.78 is 2.57. The van der Waals surface area contributed by atoms with E-state index >= 15 is 0 Å². The van der Waals surface area contributed by atoms with Crippen molar-refractivity contribution in [3.8, 4) is 0 Å². The molecular weight excluding hydrogens is 241 g/mol. The molecule has 0 aromatic heterocycles. The Morgan fingerprint density at radius 2 is 1.13 bits per heavy atom. The molecule has 15 heavy (non-hydrogen) atoms. The molecule has 0 amide bonds. The van der Waals surface area contributed by atoms with Crippen LogP contribution in [0.15, 0.2) is 30.3 Å². The van der Waals surface area contributed by atoms with Crippen LogP contribution < -0.4 is 4.40 Å². The molecule has 1 radical (unpaired) electrons. The average molecular weight is 264 g/mol. The average Bonchev–Trinajstić information content (AvgIpc) is 2.00. The first-order chi connectivity index (χ1) is 6.73. The summed E-state index contributed by atoms with van der Waals surface area (Å²) >= 11 is -1.28. The van der Waals surface area contributed by atoms with Crippen LogP contribution in [0.1, 0.15) is 41.5 Å². The van der Waals surface area contributed by atoms with Crippen LogP contribution in [0.4, 0.5) is 0 Å². The van der Waals surface area contributed by atoms with E-state index < -0.39 is 14.3 Å². The standard InChI is InChI=1S/C14H23Ge/c1-13(2,3)15(14(4,5)6)12-10-8-7-9-11-12/h7-11H,1-6H3. The Balaban J connectivity index is 3.15. The predicted molar refractivity (Wildman–Crippen MR) is 71.3 cm³/mol. The molecule has 83 valence electrons. The SMILES string of the molecule is C[C](C)(C)[Ge]([c]1ccccc1)[C](C)(C)C. The second-order valence-corrected chi connectivity index (χ2v) is 15.3. The first kappa shape index (κ1) is 12.8. The molecule has 0 atom stereocenters. The van der Waals surface area contributed by atoms with E-state index in [0.717, 1.165) is 0 Å². The number of hydrogen-bond donors (Lipinski definition) is 0. The topological polar surface area (TPSA) is 0 Å². The summed E-state index contributed by atoms with van der Waals surface area (Å²) in [4.78, 5) is 0. The molecule has 0 nitrogen and oxygen atoms in total. The molecule has 0 saturated heterocycles. The monoisotopic (exact) mass is 265 g/mol. The van der Waals surface area contributed by atoms with Gasteiger partial charge in [-0.25, -0.2) is 0 Å². The molecule has 0 fully saturated rings. The molecule has 1 heteroatoms. The maximum atomic E-state index is 2.40. The van der Waals surface area contributed by atoms with Gasteiger partial charge in [-0.3, -0.25) is 0 Å². The Labute approximate surface area is 99.2 Å². The Bertz CT molecular complexity index is 286. The maximum absolute atomic E-state index is 2.40. The van der Waals surface area contributed by atoms with Crippen molar-refractivity contribution in [1.82, 2.24) is 0 Å². The van der Waals surface area contributed by atoms with Gasteiger partial charge >= 0.3 is 99.1 Å². The zero-order valence-electron chi connectivity index (χ0n) is 10.9. The predicted octanol–water partition coefficient (Wildman–Crippen LogP) is 3.99. The van der Waals surface area contributed by atoms with Gasteiger partial charge in [0, 0.05) is 0 Å². The molecular formula is C14H23Ge. The van der Waals surface area contributed by atoms with Crippen LogP contribution >= 0.6 is 0 Å². The van der Waals surface area contributed by atoms with Gasteiger partial charge in [-0.05, 0) is 0 Å². The fourth-order valence-electron chi connectivity index (χ4n) is 2.60. The summed E-state index contributed by atoms with van der Waals surface area (Å²) in [5.41, 5.74) is 0. The minimum absolute atomic E-state index is 0.472. The van der Waals surface area contributed by atoms with Crippen LogP contribution in [0, 0.1) is 0 Å². The number of rotatable bonds is 1. The molecule has 1 aromatic carbocycles. The third kappa shape index (κ3) is 3.37. The van der Waals surface area contributed by atoms with Gasteiger partial charge in [0.1, 0.15) is 0 Å². The van der Waals surface area contributed by atoms with Gasteiger partial charge < -0.3 is 0 Å². The van der Waals surface area contributed by atoms with Crippen molar-refractivity contribution in [3.63, 3.8) is 0 Å². The molecule has 0 aliphatic rings. The Hall–Kier alpha value is -0.237. The zero-order chi connectivity index (χ0) is 11.7. The summed E-state index contributed by atoms with van der Waals surface area (Å²) in [5, 5.41) is 0. The molecule has 1 rings (SSSR count). The van der Waals surface area contributed by atoms with E-state index in [2.05, 4.69) is 71.9 Å². The molecule has 0 N–H and O–H groups in total. The van der Waals surface area contributed by atoms with Crippen molar-refractivity contribution in [1.29, 1.82) is 0 Å². The first-order valence-corrected chi connectivity index (χ1v) is 8.81. The molecule has 1 aromatic rings. The molecule has 0 spiro atoms. The minimum atomic E-state index is -1.28. The van der Waals surface area contributed by atoms with Gasteiger partial charge in [0.15, 0.2) is 0 Å². The van der Waals surface area contributed by atoms with E-state index in [0.29, 0.717) is 8.49 Å². The van der Waals surface area contributed by atoms with Gasteiger partial charge in [-0.1, -0.05) is 0 Å². The molecule has 0 unspecified atom stereocenters. The fraction of sp³-hybridized carbons (Fsp3) is 0.571. The zero-order valence-corrected chi connectivity index (χ0v) is 13.0. The van der Waals surface area contributed by atoms with Crippen LogP contribution in [0.2, 0.25) is 8.49 Å².